The molecule has 2 heterocycles. The summed E-state index contributed by atoms with van der Waals surface area (Å²) in [5.41, 5.74) is 1.66. The van der Waals surface area contributed by atoms with E-state index in [0.29, 0.717) is 51.5 Å². The van der Waals surface area contributed by atoms with Gasteiger partial charge in [-0.2, -0.15) is 0 Å². The normalized spacial score (nSPS) is 16.6. The van der Waals surface area contributed by atoms with Gasteiger partial charge in [0.05, 0.1) is 42.7 Å². The maximum atomic E-state index is 13.6. The molecule has 0 radical (unpaired) electrons. The smallest absolute Gasteiger partial charge is 0.301 e. The predicted molar refractivity (Wildman–Crippen MR) is 155 cm³/mol. The summed E-state index contributed by atoms with van der Waals surface area (Å²) < 4.78 is 17.4. The second kappa shape index (κ2) is 11.4. The molecule has 8 nitrogen and oxygen atoms in total. The third-order valence-electron chi connectivity index (χ3n) is 6.74. The van der Waals surface area contributed by atoms with Gasteiger partial charge in [0.15, 0.2) is 5.13 Å². The van der Waals surface area contributed by atoms with Gasteiger partial charge in [-0.15, -0.1) is 0 Å². The lowest BCUT2D eigenvalue weighted by molar-refractivity contribution is -0.132. The maximum Gasteiger partial charge on any atom is 0.301 e. The number of thiazole rings is 1. The molecule has 0 aliphatic carbocycles. The van der Waals surface area contributed by atoms with Crippen LogP contribution >= 0.6 is 11.3 Å². The number of ether oxygens (including phenoxy) is 3. The zero-order valence-electron chi connectivity index (χ0n) is 22.7. The monoisotopic (exact) mass is 558 g/mol. The molecule has 1 aliphatic rings. The number of Topliss-reactive ketones (excluding diaryl/α,β-unsaturated/α-hetero) is 1. The highest BCUT2D eigenvalue weighted by atomic mass is 32.1. The van der Waals surface area contributed by atoms with Gasteiger partial charge in [-0.1, -0.05) is 37.3 Å². The molecule has 1 unspecified atom stereocenters. The number of methoxy groups -OCH3 is 2. The quantitative estimate of drug-likeness (QED) is 0.145. The number of amides is 1. The van der Waals surface area contributed by atoms with Crippen LogP contribution in [0.15, 0.2) is 72.3 Å². The number of aliphatic hydroxyl groups is 1. The zero-order valence-corrected chi connectivity index (χ0v) is 23.5. The molecular weight excluding hydrogens is 528 g/mol. The van der Waals surface area contributed by atoms with Gasteiger partial charge >= 0.3 is 5.91 Å². The van der Waals surface area contributed by atoms with E-state index < -0.39 is 17.7 Å². The first-order valence-corrected chi connectivity index (χ1v) is 13.7. The fourth-order valence-corrected chi connectivity index (χ4v) is 5.58. The van der Waals surface area contributed by atoms with Crippen molar-refractivity contribution in [2.24, 2.45) is 5.92 Å². The summed E-state index contributed by atoms with van der Waals surface area (Å²) in [6.45, 7) is 4.78. The fourth-order valence-electron chi connectivity index (χ4n) is 4.56. The molecule has 0 bridgehead atoms. The molecule has 40 heavy (non-hydrogen) atoms. The van der Waals surface area contributed by atoms with Crippen LogP contribution in [0.1, 0.15) is 37.4 Å². The van der Waals surface area contributed by atoms with Crippen molar-refractivity contribution >= 4 is 44.1 Å². The largest absolute Gasteiger partial charge is 0.507 e. The third-order valence-corrected chi connectivity index (χ3v) is 7.75. The molecule has 5 rings (SSSR count). The Kier molecular flexibility index (Phi) is 7.75. The van der Waals surface area contributed by atoms with Gasteiger partial charge in [-0.3, -0.25) is 14.5 Å². The minimum Gasteiger partial charge on any atom is -0.507 e. The third kappa shape index (κ3) is 5.24. The molecule has 3 aromatic carbocycles. The van der Waals surface area contributed by atoms with Crippen LogP contribution in [-0.2, 0) is 9.59 Å². The van der Waals surface area contributed by atoms with Gasteiger partial charge in [0.1, 0.15) is 23.0 Å². The molecule has 0 saturated carbocycles. The Morgan fingerprint density at radius 3 is 2.40 bits per heavy atom. The highest BCUT2D eigenvalue weighted by Crippen LogP contribution is 2.45. The zero-order chi connectivity index (χ0) is 28.4. The summed E-state index contributed by atoms with van der Waals surface area (Å²) >= 11 is 1.27. The van der Waals surface area contributed by atoms with Gasteiger partial charge in [0, 0.05) is 5.56 Å². The number of carbonyl (C=O) groups is 2. The Bertz CT molecular complexity index is 1590. The molecular formula is C31H30N2O6S. The van der Waals surface area contributed by atoms with Crippen LogP contribution < -0.4 is 19.1 Å². The number of fused-ring (bicyclic) bond motifs is 1. The van der Waals surface area contributed by atoms with Crippen LogP contribution in [0.25, 0.3) is 16.0 Å². The van der Waals surface area contributed by atoms with E-state index in [1.54, 1.807) is 50.6 Å². The Labute approximate surface area is 236 Å². The number of aliphatic hydroxyl groups excluding tert-OH is 1. The first-order valence-electron chi connectivity index (χ1n) is 12.9. The van der Waals surface area contributed by atoms with Crippen LogP contribution in [0.5, 0.6) is 17.2 Å². The summed E-state index contributed by atoms with van der Waals surface area (Å²) in [6.07, 6.45) is 0.884. The molecule has 1 aliphatic heterocycles. The molecule has 1 saturated heterocycles. The number of ketones is 1. The van der Waals surface area contributed by atoms with Crippen molar-refractivity contribution < 1.29 is 28.9 Å². The minimum absolute atomic E-state index is 0.0219. The van der Waals surface area contributed by atoms with Crippen molar-refractivity contribution in [1.29, 1.82) is 0 Å². The average Bonchev–Trinajstić information content (AvgIpc) is 3.50. The van der Waals surface area contributed by atoms with Crippen molar-refractivity contribution in [2.45, 2.75) is 26.3 Å². The first-order chi connectivity index (χ1) is 19.3. The number of benzene rings is 3. The van der Waals surface area contributed by atoms with Gasteiger partial charge in [0.2, 0.25) is 0 Å². The summed E-state index contributed by atoms with van der Waals surface area (Å²) in [7, 11) is 3.13. The van der Waals surface area contributed by atoms with E-state index in [-0.39, 0.29) is 11.3 Å². The van der Waals surface area contributed by atoms with Crippen LogP contribution in [0.2, 0.25) is 0 Å². The van der Waals surface area contributed by atoms with Crippen LogP contribution in [-0.4, -0.2) is 42.6 Å². The second-order valence-electron chi connectivity index (χ2n) is 9.83. The van der Waals surface area contributed by atoms with Gasteiger partial charge in [0.25, 0.3) is 5.78 Å². The second-order valence-corrected chi connectivity index (χ2v) is 10.8. The molecule has 0 spiro atoms. The molecule has 9 heteroatoms. The van der Waals surface area contributed by atoms with Gasteiger partial charge in [-0.25, -0.2) is 4.98 Å². The lowest BCUT2D eigenvalue weighted by Crippen LogP contribution is -2.29. The minimum atomic E-state index is -0.918. The van der Waals surface area contributed by atoms with E-state index in [9.17, 15) is 14.7 Å². The number of anilines is 1. The molecule has 1 atom stereocenters. The summed E-state index contributed by atoms with van der Waals surface area (Å²) in [6, 6.07) is 18.5. The average molecular weight is 559 g/mol. The Hall–Kier alpha value is -4.37. The standard InChI is InChI=1S/C31H30N2O6S/c1-18(2)14-15-39-23-7-5-6-20(16-23)27-26(28(34)19-8-10-21(37-3)11-9-19)29(35)30(36)33(27)31-32-24-13-12-22(38-4)17-25(24)40-31/h5-13,16-18,27,34H,14-15H2,1-4H3/b28-26+. The van der Waals surface area contributed by atoms with E-state index >= 15 is 0 Å². The summed E-state index contributed by atoms with van der Waals surface area (Å²) in [5.74, 6) is 0.525. The molecule has 206 valence electrons. The number of aromatic nitrogens is 1. The van der Waals surface area contributed by atoms with Crippen molar-refractivity contribution in [1.82, 2.24) is 4.98 Å². The van der Waals surface area contributed by atoms with E-state index in [0.717, 1.165) is 11.1 Å². The maximum absolute atomic E-state index is 13.6. The molecule has 1 amide bonds. The van der Waals surface area contributed by atoms with E-state index in [1.165, 1.54) is 16.2 Å². The number of carbonyl (C=O) groups excluding carboxylic acids is 2. The lowest BCUT2D eigenvalue weighted by atomic mass is 9.95. The Morgan fingerprint density at radius 1 is 0.975 bits per heavy atom. The molecule has 1 aromatic heterocycles. The van der Waals surface area contributed by atoms with Crippen LogP contribution in [0.3, 0.4) is 0 Å². The van der Waals surface area contributed by atoms with Crippen molar-refractivity contribution in [2.75, 3.05) is 25.7 Å². The number of rotatable bonds is 9. The highest BCUT2D eigenvalue weighted by Gasteiger charge is 2.48. The summed E-state index contributed by atoms with van der Waals surface area (Å²) in [5, 5.41) is 11.8. The van der Waals surface area contributed by atoms with Crippen LogP contribution in [0.4, 0.5) is 5.13 Å². The van der Waals surface area contributed by atoms with E-state index in [4.69, 9.17) is 14.2 Å². The lowest BCUT2D eigenvalue weighted by Gasteiger charge is -2.23. The van der Waals surface area contributed by atoms with E-state index in [1.807, 2.05) is 30.3 Å². The Morgan fingerprint density at radius 2 is 1.70 bits per heavy atom. The van der Waals surface area contributed by atoms with Crippen molar-refractivity contribution in [3.05, 3.63) is 83.4 Å². The molecule has 1 fully saturated rings. The fraction of sp³-hybridized carbons (Fsp3) is 0.258. The van der Waals surface area contributed by atoms with Gasteiger partial charge in [-0.05, 0) is 72.5 Å². The van der Waals surface area contributed by atoms with Gasteiger partial charge < -0.3 is 19.3 Å². The first kappa shape index (κ1) is 27.2. The number of nitrogens with zero attached hydrogens (tertiary/aromatic N) is 2. The van der Waals surface area contributed by atoms with Crippen molar-refractivity contribution in [3.63, 3.8) is 0 Å². The predicted octanol–water partition coefficient (Wildman–Crippen LogP) is 6.36. The van der Waals surface area contributed by atoms with E-state index in [2.05, 4.69) is 18.8 Å². The highest BCUT2D eigenvalue weighted by molar-refractivity contribution is 7.22. The molecule has 1 N–H and O–H groups in total. The van der Waals surface area contributed by atoms with Crippen molar-refractivity contribution in [3.8, 4) is 17.2 Å². The SMILES string of the molecule is COc1ccc(/C(O)=C2\C(=O)C(=O)N(c3nc4ccc(OC)cc4s3)C2c2cccc(OCCC(C)C)c2)cc1. The van der Waals surface area contributed by atoms with Crippen LogP contribution in [0, 0.1) is 5.92 Å². The number of hydrogen-bond acceptors (Lipinski definition) is 8. The topological polar surface area (TPSA) is 98.2 Å². The summed E-state index contributed by atoms with van der Waals surface area (Å²) in [4.78, 5) is 33.2. The Balaban J connectivity index is 1.64. The number of hydrogen-bond donors (Lipinski definition) is 1. The molecule has 4 aromatic rings.